The highest BCUT2D eigenvalue weighted by Gasteiger charge is 2.12. The fourth-order valence-electron chi connectivity index (χ4n) is 1.45. The molecule has 0 heterocycles. The van der Waals surface area contributed by atoms with E-state index in [-0.39, 0.29) is 5.69 Å². The minimum atomic E-state index is -0.468. The van der Waals surface area contributed by atoms with Gasteiger partial charge in [-0.1, -0.05) is 25.5 Å². The summed E-state index contributed by atoms with van der Waals surface area (Å²) in [5.41, 5.74) is 0.480. The molecule has 1 atom stereocenters. The van der Waals surface area contributed by atoms with Gasteiger partial charge in [-0.25, -0.2) is 0 Å². The normalized spacial score (nSPS) is 12.1. The number of hydrogen-bond donors (Lipinski definition) is 2. The molecular weight excluding hydrogens is 208 g/mol. The fourth-order valence-corrected chi connectivity index (χ4v) is 1.45. The number of aliphatic hydroxyl groups is 1. The molecule has 0 saturated heterocycles. The largest absolute Gasteiger partial charge is 0.391 e. The van der Waals surface area contributed by atoms with E-state index in [2.05, 4.69) is 5.32 Å². The highest BCUT2D eigenvalue weighted by molar-refractivity contribution is 5.61. The number of benzene rings is 1. The van der Waals surface area contributed by atoms with E-state index >= 15 is 0 Å². The van der Waals surface area contributed by atoms with Gasteiger partial charge in [0.25, 0.3) is 5.69 Å². The third kappa shape index (κ3) is 3.51. The van der Waals surface area contributed by atoms with E-state index in [1.165, 1.54) is 6.07 Å². The first-order valence-corrected chi connectivity index (χ1v) is 5.30. The van der Waals surface area contributed by atoms with Crippen molar-refractivity contribution in [2.45, 2.75) is 25.9 Å². The van der Waals surface area contributed by atoms with Crippen LogP contribution in [0.1, 0.15) is 19.8 Å². The van der Waals surface area contributed by atoms with Crippen molar-refractivity contribution in [1.82, 2.24) is 0 Å². The molecule has 1 rings (SSSR count). The first-order valence-electron chi connectivity index (χ1n) is 5.30. The molecule has 2 N–H and O–H groups in total. The van der Waals surface area contributed by atoms with Gasteiger partial charge in [0.05, 0.1) is 11.0 Å². The number of nitrogens with zero attached hydrogens (tertiary/aromatic N) is 1. The number of hydrogen-bond acceptors (Lipinski definition) is 4. The van der Waals surface area contributed by atoms with Gasteiger partial charge in [0.15, 0.2) is 0 Å². The molecule has 16 heavy (non-hydrogen) atoms. The summed E-state index contributed by atoms with van der Waals surface area (Å²) in [6.45, 7) is 2.31. The topological polar surface area (TPSA) is 75.4 Å². The van der Waals surface area contributed by atoms with Crippen LogP contribution in [0.4, 0.5) is 11.4 Å². The lowest BCUT2D eigenvalue weighted by atomic mass is 10.2. The molecule has 0 saturated carbocycles. The van der Waals surface area contributed by atoms with Crippen LogP contribution in [0.15, 0.2) is 24.3 Å². The van der Waals surface area contributed by atoms with Crippen LogP contribution in [0, 0.1) is 10.1 Å². The number of rotatable bonds is 6. The lowest BCUT2D eigenvalue weighted by Crippen LogP contribution is -2.19. The minimum Gasteiger partial charge on any atom is -0.391 e. The second-order valence-corrected chi connectivity index (χ2v) is 3.60. The fraction of sp³-hybridized carbons (Fsp3) is 0.455. The highest BCUT2D eigenvalue weighted by Crippen LogP contribution is 2.22. The van der Waals surface area contributed by atoms with E-state index in [0.29, 0.717) is 18.7 Å². The quantitative estimate of drug-likeness (QED) is 0.573. The summed E-state index contributed by atoms with van der Waals surface area (Å²) in [4.78, 5) is 10.3. The van der Waals surface area contributed by atoms with Crippen molar-refractivity contribution in [3.8, 4) is 0 Å². The first kappa shape index (κ1) is 12.4. The molecule has 0 spiro atoms. The monoisotopic (exact) mass is 224 g/mol. The summed E-state index contributed by atoms with van der Waals surface area (Å²) in [5, 5.41) is 23.1. The van der Waals surface area contributed by atoms with Gasteiger partial charge in [-0.15, -0.1) is 0 Å². The number of aliphatic hydroxyl groups excluding tert-OH is 1. The smallest absolute Gasteiger partial charge is 0.292 e. The molecule has 0 aromatic heterocycles. The summed E-state index contributed by atoms with van der Waals surface area (Å²) < 4.78 is 0. The van der Waals surface area contributed by atoms with E-state index in [0.717, 1.165) is 6.42 Å². The molecule has 0 fully saturated rings. The van der Waals surface area contributed by atoms with Crippen LogP contribution in [-0.4, -0.2) is 22.7 Å². The average Bonchev–Trinajstić information content (AvgIpc) is 2.27. The second-order valence-electron chi connectivity index (χ2n) is 3.60. The zero-order chi connectivity index (χ0) is 12.0. The summed E-state index contributed by atoms with van der Waals surface area (Å²) in [6.07, 6.45) is 1.11. The second kappa shape index (κ2) is 6.07. The summed E-state index contributed by atoms with van der Waals surface area (Å²) >= 11 is 0. The molecule has 0 bridgehead atoms. The lowest BCUT2D eigenvalue weighted by Gasteiger charge is -2.11. The van der Waals surface area contributed by atoms with Crippen LogP contribution in [0.3, 0.4) is 0 Å². The Bertz CT molecular complexity index is 355. The standard InChI is InChI=1S/C11H16N2O3/c1-2-5-9(14)8-12-10-6-3-4-7-11(10)13(15)16/h3-4,6-7,9,12,14H,2,5,8H2,1H3/t9-/m1/s1. The van der Waals surface area contributed by atoms with Crippen molar-refractivity contribution in [3.63, 3.8) is 0 Å². The van der Waals surface area contributed by atoms with Crippen LogP contribution < -0.4 is 5.32 Å². The van der Waals surface area contributed by atoms with E-state index in [1.54, 1.807) is 18.2 Å². The molecule has 0 amide bonds. The predicted octanol–water partition coefficient (Wildman–Crippen LogP) is 2.17. The molecule has 88 valence electrons. The lowest BCUT2D eigenvalue weighted by molar-refractivity contribution is -0.384. The average molecular weight is 224 g/mol. The van der Waals surface area contributed by atoms with Crippen LogP contribution >= 0.6 is 0 Å². The third-order valence-electron chi connectivity index (χ3n) is 2.25. The molecular formula is C11H16N2O3. The van der Waals surface area contributed by atoms with Gasteiger partial charge in [-0.3, -0.25) is 10.1 Å². The third-order valence-corrected chi connectivity index (χ3v) is 2.25. The Balaban J connectivity index is 2.63. The maximum absolute atomic E-state index is 10.7. The summed E-state index contributed by atoms with van der Waals surface area (Å²) in [7, 11) is 0. The van der Waals surface area contributed by atoms with Crippen molar-refractivity contribution in [1.29, 1.82) is 0 Å². The van der Waals surface area contributed by atoms with Gasteiger partial charge in [0, 0.05) is 12.6 Å². The van der Waals surface area contributed by atoms with Crippen molar-refractivity contribution in [3.05, 3.63) is 34.4 Å². The number of nitro benzene ring substituents is 1. The first-order chi connectivity index (χ1) is 7.65. The number of anilines is 1. The van der Waals surface area contributed by atoms with Gasteiger partial charge in [-0.05, 0) is 12.5 Å². The number of para-hydroxylation sites is 2. The Kier molecular flexibility index (Phi) is 4.72. The Morgan fingerprint density at radius 1 is 1.50 bits per heavy atom. The van der Waals surface area contributed by atoms with E-state index < -0.39 is 11.0 Å². The Labute approximate surface area is 94.3 Å². The van der Waals surface area contributed by atoms with Crippen molar-refractivity contribution in [2.24, 2.45) is 0 Å². The molecule has 1 aromatic carbocycles. The molecule has 5 nitrogen and oxygen atoms in total. The molecule has 5 heteroatoms. The van der Waals surface area contributed by atoms with E-state index in [4.69, 9.17) is 0 Å². The SMILES string of the molecule is CCC[C@@H](O)CNc1ccccc1[N+](=O)[O-]. The summed E-state index contributed by atoms with van der Waals surface area (Å²) in [5.74, 6) is 0. The van der Waals surface area contributed by atoms with Gasteiger partial charge < -0.3 is 10.4 Å². The maximum Gasteiger partial charge on any atom is 0.292 e. The molecule has 1 aromatic rings. The number of nitrogens with one attached hydrogen (secondary N) is 1. The van der Waals surface area contributed by atoms with Gasteiger partial charge in [0.2, 0.25) is 0 Å². The Morgan fingerprint density at radius 3 is 2.81 bits per heavy atom. The van der Waals surface area contributed by atoms with Crippen molar-refractivity contribution >= 4 is 11.4 Å². The maximum atomic E-state index is 10.7. The minimum absolute atomic E-state index is 0.0335. The van der Waals surface area contributed by atoms with E-state index in [1.807, 2.05) is 6.92 Å². The molecule has 0 unspecified atom stereocenters. The molecule has 0 aliphatic rings. The summed E-state index contributed by atoms with van der Waals surface area (Å²) in [6, 6.07) is 6.42. The Hall–Kier alpha value is -1.62. The van der Waals surface area contributed by atoms with Crippen LogP contribution in [-0.2, 0) is 0 Å². The zero-order valence-electron chi connectivity index (χ0n) is 9.22. The predicted molar refractivity (Wildman–Crippen MR) is 62.5 cm³/mol. The van der Waals surface area contributed by atoms with Gasteiger partial charge >= 0.3 is 0 Å². The van der Waals surface area contributed by atoms with Gasteiger partial charge in [-0.2, -0.15) is 0 Å². The Morgan fingerprint density at radius 2 is 2.19 bits per heavy atom. The highest BCUT2D eigenvalue weighted by atomic mass is 16.6. The van der Waals surface area contributed by atoms with Crippen LogP contribution in [0.25, 0.3) is 0 Å². The zero-order valence-corrected chi connectivity index (χ0v) is 9.22. The van der Waals surface area contributed by atoms with Crippen LogP contribution in [0.2, 0.25) is 0 Å². The molecule has 0 aliphatic carbocycles. The van der Waals surface area contributed by atoms with E-state index in [9.17, 15) is 15.2 Å². The van der Waals surface area contributed by atoms with Crippen LogP contribution in [0.5, 0.6) is 0 Å². The van der Waals surface area contributed by atoms with Crippen molar-refractivity contribution < 1.29 is 10.0 Å². The molecule has 0 radical (unpaired) electrons. The molecule has 0 aliphatic heterocycles. The van der Waals surface area contributed by atoms with Gasteiger partial charge in [0.1, 0.15) is 5.69 Å². The van der Waals surface area contributed by atoms with Crippen molar-refractivity contribution in [2.75, 3.05) is 11.9 Å². The number of nitro groups is 1.